The first-order chi connectivity index (χ1) is 28.5. The van der Waals surface area contributed by atoms with Crippen molar-refractivity contribution < 1.29 is 28.6 Å². The van der Waals surface area contributed by atoms with Crippen LogP contribution < -0.4 is 0 Å². The third-order valence-electron chi connectivity index (χ3n) is 10.6. The molecule has 0 spiro atoms. The summed E-state index contributed by atoms with van der Waals surface area (Å²) in [5.41, 5.74) is 0. The molecule has 0 aliphatic heterocycles. The molecule has 6 nitrogen and oxygen atoms in total. The Morgan fingerprint density at radius 1 is 0.362 bits per heavy atom. The van der Waals surface area contributed by atoms with Crippen molar-refractivity contribution in [2.45, 2.75) is 252 Å². The zero-order chi connectivity index (χ0) is 42.3. The monoisotopic (exact) mass is 813 g/mol. The Kier molecular flexibility index (Phi) is 44.9. The molecule has 0 rings (SSSR count). The molecule has 1 unspecified atom stereocenters. The molecule has 0 aliphatic rings. The SMILES string of the molecule is CC/C=C\C/C=C\C/C=C\CCCCCCCCCCCC(=O)OCC(COC(=O)CCCCCCCCCCCC)OC(=O)CCCCCCC/C=C\CCCC. The van der Waals surface area contributed by atoms with Crippen LogP contribution in [0.25, 0.3) is 0 Å². The maximum atomic E-state index is 12.7. The molecule has 1 atom stereocenters. The second-order valence-electron chi connectivity index (χ2n) is 16.3. The molecule has 0 saturated heterocycles. The molecule has 0 radical (unpaired) electrons. The first-order valence-electron chi connectivity index (χ1n) is 24.6. The third-order valence-corrected chi connectivity index (χ3v) is 10.6. The molecule has 0 amide bonds. The van der Waals surface area contributed by atoms with Crippen LogP contribution in [0.15, 0.2) is 48.6 Å². The van der Waals surface area contributed by atoms with Gasteiger partial charge in [-0.05, 0) is 70.6 Å². The van der Waals surface area contributed by atoms with E-state index in [0.29, 0.717) is 19.3 Å². The number of ether oxygens (including phenoxy) is 3. The van der Waals surface area contributed by atoms with Gasteiger partial charge >= 0.3 is 17.9 Å². The number of hydrogen-bond acceptors (Lipinski definition) is 6. The van der Waals surface area contributed by atoms with Gasteiger partial charge in [-0.2, -0.15) is 0 Å². The van der Waals surface area contributed by atoms with Crippen LogP contribution >= 0.6 is 0 Å². The maximum absolute atomic E-state index is 12.7. The second-order valence-corrected chi connectivity index (χ2v) is 16.3. The van der Waals surface area contributed by atoms with Crippen molar-refractivity contribution in [3.8, 4) is 0 Å². The summed E-state index contributed by atoms with van der Waals surface area (Å²) in [5, 5.41) is 0. The van der Waals surface area contributed by atoms with Crippen molar-refractivity contribution in [2.75, 3.05) is 13.2 Å². The Hall–Kier alpha value is -2.63. The summed E-state index contributed by atoms with van der Waals surface area (Å²) >= 11 is 0. The fraction of sp³-hybridized carbons (Fsp3) is 0.788. The lowest BCUT2D eigenvalue weighted by molar-refractivity contribution is -0.167. The molecular weight excluding hydrogens is 721 g/mol. The molecule has 0 aliphatic carbocycles. The van der Waals surface area contributed by atoms with E-state index in [-0.39, 0.29) is 31.1 Å². The smallest absolute Gasteiger partial charge is 0.306 e. The van der Waals surface area contributed by atoms with Crippen LogP contribution in [0.4, 0.5) is 0 Å². The van der Waals surface area contributed by atoms with E-state index in [0.717, 1.165) is 89.9 Å². The van der Waals surface area contributed by atoms with Crippen LogP contribution in [-0.2, 0) is 28.6 Å². The number of hydrogen-bond donors (Lipinski definition) is 0. The van der Waals surface area contributed by atoms with E-state index in [2.05, 4.69) is 69.4 Å². The third kappa shape index (κ3) is 44.5. The van der Waals surface area contributed by atoms with E-state index in [1.54, 1.807) is 0 Å². The quantitative estimate of drug-likeness (QED) is 0.0264. The first-order valence-corrected chi connectivity index (χ1v) is 24.6. The zero-order valence-corrected chi connectivity index (χ0v) is 38.3. The van der Waals surface area contributed by atoms with Gasteiger partial charge in [0.1, 0.15) is 13.2 Å². The maximum Gasteiger partial charge on any atom is 0.306 e. The molecule has 0 N–H and O–H groups in total. The Bertz CT molecular complexity index is 1030. The standard InChI is InChI=1S/C52H92O6/c1-4-7-10-13-16-19-22-23-24-25-26-27-28-29-31-33-36-39-42-45-51(54)57-48-49(47-56-50(53)44-41-38-35-32-21-18-15-12-9-6-3)58-52(55)46-43-40-37-34-30-20-17-14-11-8-5-2/h7,10,14,16-17,19,23-24,49H,4-6,8-9,11-13,15,18,20-22,25-48H2,1-3H3/b10-7-,17-14-,19-16-,24-23-. The van der Waals surface area contributed by atoms with E-state index >= 15 is 0 Å². The summed E-state index contributed by atoms with van der Waals surface area (Å²) < 4.78 is 16.7. The summed E-state index contributed by atoms with van der Waals surface area (Å²) in [6.45, 7) is 6.47. The predicted octanol–water partition coefficient (Wildman–Crippen LogP) is 15.9. The lowest BCUT2D eigenvalue weighted by atomic mass is 10.1. The molecule has 0 saturated carbocycles. The molecule has 58 heavy (non-hydrogen) atoms. The molecule has 0 aromatic rings. The fourth-order valence-corrected chi connectivity index (χ4v) is 6.85. The molecule has 0 heterocycles. The molecule has 336 valence electrons. The Balaban J connectivity index is 4.29. The van der Waals surface area contributed by atoms with E-state index < -0.39 is 6.10 Å². The Morgan fingerprint density at radius 3 is 1.12 bits per heavy atom. The second kappa shape index (κ2) is 47.1. The fourth-order valence-electron chi connectivity index (χ4n) is 6.85. The van der Waals surface area contributed by atoms with Crippen molar-refractivity contribution in [3.05, 3.63) is 48.6 Å². The topological polar surface area (TPSA) is 78.9 Å². The molecular formula is C52H92O6. The van der Waals surface area contributed by atoms with Gasteiger partial charge in [0.25, 0.3) is 0 Å². The number of esters is 3. The van der Waals surface area contributed by atoms with E-state index in [1.165, 1.54) is 116 Å². The van der Waals surface area contributed by atoms with Crippen molar-refractivity contribution in [3.63, 3.8) is 0 Å². The Labute approximate surface area is 358 Å². The number of carbonyl (C=O) groups is 3. The van der Waals surface area contributed by atoms with Crippen LogP contribution in [0, 0.1) is 0 Å². The summed E-state index contributed by atoms with van der Waals surface area (Å²) in [6, 6.07) is 0. The highest BCUT2D eigenvalue weighted by molar-refractivity contribution is 5.71. The summed E-state index contributed by atoms with van der Waals surface area (Å²) in [6.07, 6.45) is 55.2. The molecule has 0 aromatic heterocycles. The zero-order valence-electron chi connectivity index (χ0n) is 38.3. The van der Waals surface area contributed by atoms with Crippen molar-refractivity contribution in [1.29, 1.82) is 0 Å². The normalized spacial score (nSPS) is 12.4. The van der Waals surface area contributed by atoms with Crippen LogP contribution in [0.3, 0.4) is 0 Å². The molecule has 6 heteroatoms. The molecule has 0 bridgehead atoms. The highest BCUT2D eigenvalue weighted by Gasteiger charge is 2.19. The number of unbranched alkanes of at least 4 members (excludes halogenated alkanes) is 25. The molecule has 0 aromatic carbocycles. The van der Waals surface area contributed by atoms with Crippen LogP contribution in [0.1, 0.15) is 245 Å². The van der Waals surface area contributed by atoms with Crippen LogP contribution in [-0.4, -0.2) is 37.2 Å². The van der Waals surface area contributed by atoms with Gasteiger partial charge in [-0.1, -0.05) is 204 Å². The van der Waals surface area contributed by atoms with Gasteiger partial charge in [0.15, 0.2) is 6.10 Å². The van der Waals surface area contributed by atoms with Crippen LogP contribution in [0.2, 0.25) is 0 Å². The summed E-state index contributed by atoms with van der Waals surface area (Å²) in [7, 11) is 0. The van der Waals surface area contributed by atoms with E-state index in [4.69, 9.17) is 14.2 Å². The van der Waals surface area contributed by atoms with Crippen molar-refractivity contribution >= 4 is 17.9 Å². The van der Waals surface area contributed by atoms with Gasteiger partial charge < -0.3 is 14.2 Å². The van der Waals surface area contributed by atoms with Gasteiger partial charge in [0.05, 0.1) is 0 Å². The van der Waals surface area contributed by atoms with Gasteiger partial charge in [-0.25, -0.2) is 0 Å². The molecule has 0 fully saturated rings. The minimum absolute atomic E-state index is 0.0763. The Morgan fingerprint density at radius 2 is 0.690 bits per heavy atom. The van der Waals surface area contributed by atoms with Crippen molar-refractivity contribution in [2.24, 2.45) is 0 Å². The minimum Gasteiger partial charge on any atom is -0.462 e. The van der Waals surface area contributed by atoms with Gasteiger partial charge in [0, 0.05) is 19.3 Å². The van der Waals surface area contributed by atoms with E-state index in [1.807, 2.05) is 0 Å². The largest absolute Gasteiger partial charge is 0.462 e. The lowest BCUT2D eigenvalue weighted by Gasteiger charge is -2.18. The van der Waals surface area contributed by atoms with Gasteiger partial charge in [-0.3, -0.25) is 14.4 Å². The first kappa shape index (κ1) is 55.4. The number of carbonyl (C=O) groups excluding carboxylic acids is 3. The van der Waals surface area contributed by atoms with Crippen LogP contribution in [0.5, 0.6) is 0 Å². The van der Waals surface area contributed by atoms with Gasteiger partial charge in [0.2, 0.25) is 0 Å². The van der Waals surface area contributed by atoms with E-state index in [9.17, 15) is 14.4 Å². The highest BCUT2D eigenvalue weighted by atomic mass is 16.6. The highest BCUT2D eigenvalue weighted by Crippen LogP contribution is 2.15. The average molecular weight is 813 g/mol. The van der Waals surface area contributed by atoms with Gasteiger partial charge in [-0.15, -0.1) is 0 Å². The summed E-state index contributed by atoms with van der Waals surface area (Å²) in [4.78, 5) is 37.8. The minimum atomic E-state index is -0.774. The summed E-state index contributed by atoms with van der Waals surface area (Å²) in [5.74, 6) is -0.890. The number of allylic oxidation sites excluding steroid dienone is 8. The predicted molar refractivity (Wildman–Crippen MR) is 247 cm³/mol. The lowest BCUT2D eigenvalue weighted by Crippen LogP contribution is -2.30. The average Bonchev–Trinajstić information content (AvgIpc) is 3.22. The van der Waals surface area contributed by atoms with Crippen molar-refractivity contribution in [1.82, 2.24) is 0 Å². The number of rotatable bonds is 44.